The Morgan fingerprint density at radius 2 is 1.45 bits per heavy atom. The van der Waals surface area contributed by atoms with Gasteiger partial charge >= 0.3 is 0 Å². The van der Waals surface area contributed by atoms with Crippen LogP contribution in [0, 0.1) is 4.91 Å². The highest BCUT2D eigenvalue weighted by Gasteiger charge is 2.16. The molecule has 0 aliphatic heterocycles. The third-order valence-corrected chi connectivity index (χ3v) is 6.21. The highest BCUT2D eigenvalue weighted by atomic mass is 32.1. The van der Waals surface area contributed by atoms with Crippen LogP contribution in [0.3, 0.4) is 0 Å². The van der Waals surface area contributed by atoms with Gasteiger partial charge in [0.2, 0.25) is 0 Å². The van der Waals surface area contributed by atoms with Crippen LogP contribution in [0.15, 0.2) is 82.7 Å². The lowest BCUT2D eigenvalue weighted by molar-refractivity contribution is 1.31. The Balaban J connectivity index is 1.66. The van der Waals surface area contributed by atoms with E-state index >= 15 is 0 Å². The second-order valence-electron chi connectivity index (χ2n) is 6.31. The molecule has 0 aliphatic carbocycles. The van der Waals surface area contributed by atoms with Gasteiger partial charge in [0.15, 0.2) is 0 Å². The van der Waals surface area contributed by atoms with E-state index in [9.17, 15) is 4.91 Å². The normalized spacial score (nSPS) is 10.9. The quantitative estimate of drug-likeness (QED) is 0.308. The molecule has 5 aromatic rings. The van der Waals surface area contributed by atoms with Crippen molar-refractivity contribution in [2.75, 3.05) is 5.32 Å². The van der Waals surface area contributed by atoms with E-state index < -0.39 is 0 Å². The zero-order chi connectivity index (χ0) is 19.6. The van der Waals surface area contributed by atoms with Crippen LogP contribution in [0.1, 0.15) is 0 Å². The summed E-state index contributed by atoms with van der Waals surface area (Å²) < 4.78 is 0. The Hall–Kier alpha value is -3.42. The topological polar surface area (TPSA) is 67.2 Å². The first-order valence-corrected chi connectivity index (χ1v) is 10.7. The van der Waals surface area contributed by atoms with E-state index in [1.165, 1.54) is 0 Å². The Bertz CT molecular complexity index is 1280. The lowest BCUT2D eigenvalue weighted by Gasteiger charge is -2.12. The van der Waals surface area contributed by atoms with Crippen LogP contribution in [-0.4, -0.2) is 9.97 Å². The van der Waals surface area contributed by atoms with Crippen molar-refractivity contribution in [1.29, 1.82) is 0 Å². The first-order chi connectivity index (χ1) is 14.3. The highest BCUT2D eigenvalue weighted by molar-refractivity contribution is 7.14. The van der Waals surface area contributed by atoms with Gasteiger partial charge in [0.05, 0.1) is 21.0 Å². The van der Waals surface area contributed by atoms with Gasteiger partial charge in [-0.3, -0.25) is 0 Å². The first kappa shape index (κ1) is 17.7. The predicted octanol–water partition coefficient (Wildman–Crippen LogP) is 7.23. The molecule has 0 fully saturated rings. The summed E-state index contributed by atoms with van der Waals surface area (Å²) in [7, 11) is 0. The Labute approximate surface area is 174 Å². The van der Waals surface area contributed by atoms with Crippen LogP contribution >= 0.6 is 22.7 Å². The molecule has 0 saturated heterocycles. The first-order valence-electron chi connectivity index (χ1n) is 8.91. The highest BCUT2D eigenvalue weighted by Crippen LogP contribution is 2.37. The summed E-state index contributed by atoms with van der Waals surface area (Å²) in [6, 6.07) is 21.1. The second kappa shape index (κ2) is 7.54. The summed E-state index contributed by atoms with van der Waals surface area (Å²) in [5.41, 5.74) is 5.51. The molecule has 5 nitrogen and oxygen atoms in total. The van der Waals surface area contributed by atoms with Crippen LogP contribution in [0.4, 0.5) is 17.1 Å². The molecule has 29 heavy (non-hydrogen) atoms. The van der Waals surface area contributed by atoms with Crippen LogP contribution in [0.25, 0.3) is 32.2 Å². The molecular formula is C22H14N4OS2. The number of thiophene rings is 2. The number of fused-ring (bicyclic) bond motifs is 1. The van der Waals surface area contributed by atoms with Crippen LogP contribution in [0.5, 0.6) is 0 Å². The fourth-order valence-corrected chi connectivity index (χ4v) is 4.54. The molecule has 7 heteroatoms. The molecule has 3 aromatic heterocycles. The standard InChI is InChI=1S/C22H14N4OS2/c27-26-15-10-8-14(9-11-15)23-16-4-1-5-17-20(16)25-22(19-7-3-13-29-19)21(24-17)18-6-2-12-28-18/h1-13,23H. The number of nitrogens with zero attached hydrogens (tertiary/aromatic N) is 3. The van der Waals surface area contributed by atoms with Crippen molar-refractivity contribution in [3.8, 4) is 21.1 Å². The molecule has 0 radical (unpaired) electrons. The minimum absolute atomic E-state index is 0.397. The molecule has 0 unspecified atom stereocenters. The SMILES string of the molecule is O=Nc1ccc(Nc2cccc3nc(-c4cccs4)c(-c4cccs4)nc23)cc1. The van der Waals surface area contributed by atoms with E-state index in [1.54, 1.807) is 34.8 Å². The van der Waals surface area contributed by atoms with Crippen molar-refractivity contribution < 1.29 is 0 Å². The maximum absolute atomic E-state index is 10.6. The molecule has 0 amide bonds. The zero-order valence-electron chi connectivity index (χ0n) is 15.1. The number of nitroso groups, excluding NO2 is 1. The third kappa shape index (κ3) is 3.41. The molecule has 0 bridgehead atoms. The number of benzene rings is 2. The number of para-hydroxylation sites is 1. The number of anilines is 2. The number of aromatic nitrogens is 2. The average Bonchev–Trinajstić information content (AvgIpc) is 3.48. The van der Waals surface area contributed by atoms with Crippen molar-refractivity contribution in [1.82, 2.24) is 9.97 Å². The van der Waals surface area contributed by atoms with E-state index in [0.29, 0.717) is 5.69 Å². The number of hydrogen-bond donors (Lipinski definition) is 1. The van der Waals surface area contributed by atoms with Gasteiger partial charge in [-0.05, 0) is 64.5 Å². The number of nitrogens with one attached hydrogen (secondary N) is 1. The van der Waals surface area contributed by atoms with Gasteiger partial charge < -0.3 is 5.32 Å². The summed E-state index contributed by atoms with van der Waals surface area (Å²) in [6.45, 7) is 0. The molecule has 0 aliphatic rings. The van der Waals surface area contributed by atoms with Gasteiger partial charge in [-0.15, -0.1) is 27.6 Å². The monoisotopic (exact) mass is 414 g/mol. The maximum Gasteiger partial charge on any atom is 0.113 e. The van der Waals surface area contributed by atoms with E-state index in [-0.39, 0.29) is 0 Å². The summed E-state index contributed by atoms with van der Waals surface area (Å²) >= 11 is 3.31. The second-order valence-corrected chi connectivity index (χ2v) is 8.21. The van der Waals surface area contributed by atoms with E-state index in [0.717, 1.165) is 43.6 Å². The van der Waals surface area contributed by atoms with Gasteiger partial charge in [-0.25, -0.2) is 9.97 Å². The van der Waals surface area contributed by atoms with Crippen molar-refractivity contribution in [2.24, 2.45) is 5.18 Å². The lowest BCUT2D eigenvalue weighted by Crippen LogP contribution is -1.97. The minimum Gasteiger partial charge on any atom is -0.354 e. The smallest absolute Gasteiger partial charge is 0.113 e. The van der Waals surface area contributed by atoms with Crippen LogP contribution in [-0.2, 0) is 0 Å². The Kier molecular flexibility index (Phi) is 4.59. The predicted molar refractivity (Wildman–Crippen MR) is 121 cm³/mol. The van der Waals surface area contributed by atoms with Gasteiger partial charge in [-0.2, -0.15) is 0 Å². The van der Waals surface area contributed by atoms with Gasteiger partial charge in [0.25, 0.3) is 0 Å². The summed E-state index contributed by atoms with van der Waals surface area (Å²) in [4.78, 5) is 22.8. The number of hydrogen-bond acceptors (Lipinski definition) is 7. The van der Waals surface area contributed by atoms with Crippen molar-refractivity contribution >= 4 is 50.8 Å². The Morgan fingerprint density at radius 3 is 2.07 bits per heavy atom. The summed E-state index contributed by atoms with van der Waals surface area (Å²) in [6.07, 6.45) is 0. The van der Waals surface area contributed by atoms with Gasteiger partial charge in [-0.1, -0.05) is 18.2 Å². The molecule has 0 atom stereocenters. The number of rotatable bonds is 5. The fourth-order valence-electron chi connectivity index (χ4n) is 3.11. The Morgan fingerprint density at radius 1 is 0.759 bits per heavy atom. The van der Waals surface area contributed by atoms with Crippen LogP contribution < -0.4 is 5.32 Å². The molecule has 2 aromatic carbocycles. The molecule has 3 heterocycles. The molecular weight excluding hydrogens is 400 g/mol. The minimum atomic E-state index is 0.397. The van der Waals surface area contributed by atoms with Crippen molar-refractivity contribution in [2.45, 2.75) is 0 Å². The zero-order valence-corrected chi connectivity index (χ0v) is 16.7. The van der Waals surface area contributed by atoms with Crippen LogP contribution in [0.2, 0.25) is 0 Å². The summed E-state index contributed by atoms with van der Waals surface area (Å²) in [5, 5.41) is 10.4. The maximum atomic E-state index is 10.6. The van der Waals surface area contributed by atoms with Gasteiger partial charge in [0, 0.05) is 5.69 Å². The van der Waals surface area contributed by atoms with E-state index in [4.69, 9.17) is 9.97 Å². The largest absolute Gasteiger partial charge is 0.354 e. The fraction of sp³-hybridized carbons (Fsp3) is 0. The van der Waals surface area contributed by atoms with Crippen molar-refractivity contribution in [3.63, 3.8) is 0 Å². The molecule has 1 N–H and O–H groups in total. The van der Waals surface area contributed by atoms with E-state index in [1.807, 2.05) is 47.8 Å². The molecule has 0 spiro atoms. The van der Waals surface area contributed by atoms with Crippen molar-refractivity contribution in [3.05, 3.63) is 82.4 Å². The average molecular weight is 415 g/mol. The summed E-state index contributed by atoms with van der Waals surface area (Å²) in [5.74, 6) is 0. The molecule has 0 saturated carbocycles. The van der Waals surface area contributed by atoms with E-state index in [2.05, 4.69) is 28.0 Å². The lowest BCUT2D eigenvalue weighted by atomic mass is 10.1. The molecule has 140 valence electrons. The third-order valence-electron chi connectivity index (χ3n) is 4.46. The molecule has 5 rings (SSSR count). The van der Waals surface area contributed by atoms with Gasteiger partial charge in [0.1, 0.15) is 22.6 Å².